The molecular formula is CH2NiO2S4. The minimum Gasteiger partial charge on any atom is -0.472 e. The van der Waals surface area contributed by atoms with Crippen LogP contribution in [0.25, 0.3) is 0 Å². The van der Waals surface area contributed by atoms with Gasteiger partial charge in [-0.3, -0.25) is 0 Å². The summed E-state index contributed by atoms with van der Waals surface area (Å²) in [4.78, 5) is 9.65. The molecule has 0 heterocycles. The van der Waals surface area contributed by atoms with Crippen molar-refractivity contribution in [2.45, 2.75) is 0 Å². The fraction of sp³-hybridized carbons (Fsp3) is 0. The summed E-state index contributed by atoms with van der Waals surface area (Å²) in [5, 5.41) is 7.06. The van der Waals surface area contributed by atoms with Crippen LogP contribution in [0.3, 0.4) is 0 Å². The largest absolute Gasteiger partial charge is 0.472 e. The van der Waals surface area contributed by atoms with Crippen molar-refractivity contribution in [2.75, 3.05) is 0 Å². The minimum atomic E-state index is -0.883. The van der Waals surface area contributed by atoms with E-state index in [1.165, 1.54) is 0 Å². The third-order valence-electron chi connectivity index (χ3n) is 0.136. The summed E-state index contributed by atoms with van der Waals surface area (Å²) < 4.78 is 0. The Hall–Kier alpha value is 1.36. The van der Waals surface area contributed by atoms with E-state index in [0.29, 0.717) is 0 Å². The molecular weight excluding hydrogens is 231 g/mol. The molecule has 0 fully saturated rings. The monoisotopic (exact) mass is 232 g/mol. The third-order valence-corrected chi connectivity index (χ3v) is 4.02. The topological polar surface area (TPSA) is 37.3 Å². The summed E-state index contributed by atoms with van der Waals surface area (Å²) in [6.07, 6.45) is 0. The van der Waals surface area contributed by atoms with E-state index in [1.54, 1.807) is 0 Å². The predicted octanol–water partition coefficient (Wildman–Crippen LogP) is 2.54. The quantitative estimate of drug-likeness (QED) is 0.435. The van der Waals surface area contributed by atoms with E-state index in [1.807, 2.05) is 0 Å². The first-order valence-electron chi connectivity index (χ1n) is 1.15. The molecule has 0 unspecified atom stereocenters. The molecule has 1 N–H and O–H groups in total. The van der Waals surface area contributed by atoms with Gasteiger partial charge < -0.3 is 5.11 Å². The van der Waals surface area contributed by atoms with Gasteiger partial charge in [0.25, 0.3) is 0 Å². The zero-order chi connectivity index (χ0) is 5.70. The van der Waals surface area contributed by atoms with E-state index in [9.17, 15) is 4.79 Å². The molecule has 0 aliphatic carbocycles. The zero-order valence-corrected chi connectivity index (χ0v) is 7.68. The molecule has 0 aromatic rings. The van der Waals surface area contributed by atoms with Crippen molar-refractivity contribution in [3.05, 3.63) is 0 Å². The summed E-state index contributed by atoms with van der Waals surface area (Å²) in [5.41, 5.74) is 0. The van der Waals surface area contributed by atoms with E-state index < -0.39 is 5.30 Å². The number of carboxylic acid groups (broad SMARTS) is 1. The molecule has 2 nitrogen and oxygen atoms in total. The second kappa shape index (κ2) is 8.36. The van der Waals surface area contributed by atoms with E-state index in [0.717, 1.165) is 30.4 Å². The molecule has 0 atom stereocenters. The molecule has 52 valence electrons. The van der Waals surface area contributed by atoms with Gasteiger partial charge in [0.05, 0.1) is 0 Å². The number of hydrogen-bond donors (Lipinski definition) is 2. The molecule has 8 heavy (non-hydrogen) atoms. The molecule has 0 amide bonds. The standard InChI is InChI=1S/CH2O2S4.Ni/c2-1(3)5-7-6-4;/h4H,(H,2,3);. The smallest absolute Gasteiger partial charge is 0.376 e. The van der Waals surface area contributed by atoms with Crippen LogP contribution in [0.1, 0.15) is 0 Å². The SMILES string of the molecule is O=C(O)SSSS.[Ni]. The Morgan fingerprint density at radius 2 is 2.12 bits per heavy atom. The van der Waals surface area contributed by atoms with Crippen LogP contribution in [0.5, 0.6) is 0 Å². The zero-order valence-electron chi connectivity index (χ0n) is 3.34. The molecule has 0 aliphatic heterocycles. The van der Waals surface area contributed by atoms with Gasteiger partial charge in [-0.25, -0.2) is 4.79 Å². The Morgan fingerprint density at radius 3 is 2.25 bits per heavy atom. The summed E-state index contributed by atoms with van der Waals surface area (Å²) in [6.45, 7) is 0. The molecule has 0 aromatic heterocycles. The van der Waals surface area contributed by atoms with Crippen molar-refractivity contribution >= 4 is 47.4 Å². The summed E-state index contributed by atoms with van der Waals surface area (Å²) in [5.74, 6) is 0. The van der Waals surface area contributed by atoms with Crippen molar-refractivity contribution in [2.24, 2.45) is 0 Å². The maximum Gasteiger partial charge on any atom is 0.376 e. The van der Waals surface area contributed by atoms with Crippen molar-refractivity contribution in [1.29, 1.82) is 0 Å². The Bertz CT molecular complexity index is 67.1. The number of carbonyl (C=O) groups is 1. The van der Waals surface area contributed by atoms with Crippen LogP contribution in [0.4, 0.5) is 4.79 Å². The number of thiol groups is 1. The number of hydrogen-bond acceptors (Lipinski definition) is 5. The van der Waals surface area contributed by atoms with Gasteiger partial charge in [-0.2, -0.15) is 0 Å². The average Bonchev–Trinajstić information content (AvgIpc) is 1.61. The van der Waals surface area contributed by atoms with Crippen LogP contribution in [0, 0.1) is 0 Å². The first kappa shape index (κ1) is 12.1. The van der Waals surface area contributed by atoms with Gasteiger partial charge in [-0.1, -0.05) is 11.7 Å². The van der Waals surface area contributed by atoms with Crippen molar-refractivity contribution in [1.82, 2.24) is 0 Å². The fourth-order valence-electron chi connectivity index (χ4n) is 0.0443. The molecule has 0 rings (SSSR count). The van der Waals surface area contributed by atoms with Crippen LogP contribution in [0.2, 0.25) is 0 Å². The third kappa shape index (κ3) is 10.4. The van der Waals surface area contributed by atoms with Crippen LogP contribution >= 0.6 is 42.1 Å². The van der Waals surface area contributed by atoms with Gasteiger partial charge in [-0.15, -0.1) is 0 Å². The number of rotatable bonds is 2. The molecule has 0 spiro atoms. The van der Waals surface area contributed by atoms with E-state index >= 15 is 0 Å². The Balaban J connectivity index is 0. The molecule has 0 saturated carbocycles. The normalized spacial score (nSPS) is 7.62. The Morgan fingerprint density at radius 1 is 1.62 bits per heavy atom. The van der Waals surface area contributed by atoms with Gasteiger partial charge in [0, 0.05) is 27.3 Å². The Kier molecular flexibility index (Phi) is 12.6. The van der Waals surface area contributed by atoms with Gasteiger partial charge in [-0.05, 0) is 19.7 Å². The van der Waals surface area contributed by atoms with Crippen LogP contribution in [-0.4, -0.2) is 10.4 Å². The van der Waals surface area contributed by atoms with Crippen LogP contribution in [-0.2, 0) is 16.5 Å². The van der Waals surface area contributed by atoms with Crippen LogP contribution in [0.15, 0.2) is 0 Å². The maximum atomic E-state index is 9.65. The predicted molar refractivity (Wildman–Crippen MR) is 39.8 cm³/mol. The van der Waals surface area contributed by atoms with Gasteiger partial charge in [0.15, 0.2) is 0 Å². The minimum absolute atomic E-state index is 0. The van der Waals surface area contributed by atoms with Crippen LogP contribution < -0.4 is 0 Å². The first-order valence-corrected chi connectivity index (χ1v) is 5.68. The van der Waals surface area contributed by atoms with Gasteiger partial charge in [0.1, 0.15) is 0 Å². The first-order chi connectivity index (χ1) is 3.27. The Labute approximate surface area is 73.5 Å². The molecule has 7 heteroatoms. The van der Waals surface area contributed by atoms with E-state index in [4.69, 9.17) is 5.11 Å². The van der Waals surface area contributed by atoms with E-state index in [-0.39, 0.29) is 16.5 Å². The second-order valence-corrected chi connectivity index (χ2v) is 5.21. The molecule has 0 saturated heterocycles. The van der Waals surface area contributed by atoms with Crippen molar-refractivity contribution in [3.63, 3.8) is 0 Å². The summed E-state index contributed by atoms with van der Waals surface area (Å²) in [7, 11) is 2.99. The second-order valence-electron chi connectivity index (χ2n) is 0.492. The van der Waals surface area contributed by atoms with Crippen molar-refractivity contribution < 1.29 is 26.4 Å². The summed E-state index contributed by atoms with van der Waals surface area (Å²) in [6, 6.07) is 0. The van der Waals surface area contributed by atoms with Gasteiger partial charge >= 0.3 is 5.30 Å². The average molecular weight is 233 g/mol. The van der Waals surface area contributed by atoms with Crippen molar-refractivity contribution in [3.8, 4) is 0 Å². The molecule has 0 aliphatic rings. The molecule has 0 aromatic carbocycles. The molecule has 0 bridgehead atoms. The molecule has 0 radical (unpaired) electrons. The maximum absolute atomic E-state index is 9.65. The fourth-order valence-corrected chi connectivity index (χ4v) is 2.02. The summed E-state index contributed by atoms with van der Waals surface area (Å²) >= 11 is 3.69. The van der Waals surface area contributed by atoms with Gasteiger partial charge in [0.2, 0.25) is 0 Å². The van der Waals surface area contributed by atoms with E-state index in [2.05, 4.69) is 11.7 Å².